The zero-order valence-electron chi connectivity index (χ0n) is 11.6. The van der Waals surface area contributed by atoms with Crippen molar-refractivity contribution in [3.8, 4) is 5.75 Å². The van der Waals surface area contributed by atoms with E-state index in [-0.39, 0.29) is 11.9 Å². The molecule has 1 aliphatic rings. The molecular formula is C16H17NO2S. The van der Waals surface area contributed by atoms with E-state index in [1.54, 1.807) is 11.3 Å². The first-order valence-corrected chi connectivity index (χ1v) is 7.66. The second-order valence-corrected chi connectivity index (χ2v) is 5.92. The molecule has 3 rings (SSSR count). The van der Waals surface area contributed by atoms with E-state index in [4.69, 9.17) is 4.74 Å². The smallest absolute Gasteiger partial charge is 0.266 e. The molecule has 1 fully saturated rings. The fraction of sp³-hybridized carbons (Fsp3) is 0.312. The quantitative estimate of drug-likeness (QED) is 0.807. The van der Waals surface area contributed by atoms with Crippen molar-refractivity contribution in [1.82, 2.24) is 4.90 Å². The number of amides is 1. The van der Waals surface area contributed by atoms with Crippen LogP contribution in [0.1, 0.15) is 23.4 Å². The van der Waals surface area contributed by atoms with Crippen LogP contribution in [0.3, 0.4) is 0 Å². The van der Waals surface area contributed by atoms with Gasteiger partial charge in [-0.15, -0.1) is 11.3 Å². The van der Waals surface area contributed by atoms with Crippen LogP contribution in [0.4, 0.5) is 0 Å². The Kier molecular flexibility index (Phi) is 3.49. The summed E-state index contributed by atoms with van der Waals surface area (Å²) < 4.78 is 5.90. The monoisotopic (exact) mass is 287 g/mol. The van der Waals surface area contributed by atoms with Gasteiger partial charge in [0.05, 0.1) is 0 Å². The number of benzene rings is 1. The maximum absolute atomic E-state index is 12.2. The second kappa shape index (κ2) is 5.29. The number of aryl methyl sites for hydroxylation is 1. The minimum absolute atomic E-state index is 0.0498. The summed E-state index contributed by atoms with van der Waals surface area (Å²) in [6, 6.07) is 12.0. The molecule has 1 aromatic heterocycles. The molecule has 0 N–H and O–H groups in total. The summed E-state index contributed by atoms with van der Waals surface area (Å²) in [6.45, 7) is 4.75. The van der Waals surface area contributed by atoms with Crippen LogP contribution in [-0.4, -0.2) is 23.5 Å². The van der Waals surface area contributed by atoms with Crippen LogP contribution in [0.2, 0.25) is 0 Å². The minimum atomic E-state index is -0.392. The van der Waals surface area contributed by atoms with Gasteiger partial charge in [-0.05, 0) is 37.4 Å². The van der Waals surface area contributed by atoms with Crippen molar-refractivity contribution in [2.24, 2.45) is 0 Å². The van der Waals surface area contributed by atoms with Gasteiger partial charge in [0.1, 0.15) is 11.8 Å². The van der Waals surface area contributed by atoms with Crippen LogP contribution in [0, 0.1) is 6.92 Å². The molecule has 2 atom stereocenters. The molecule has 4 heteroatoms. The lowest BCUT2D eigenvalue weighted by Gasteiger charge is -2.45. The van der Waals surface area contributed by atoms with Crippen LogP contribution in [0.15, 0.2) is 41.8 Å². The van der Waals surface area contributed by atoms with Crippen molar-refractivity contribution in [3.05, 3.63) is 52.2 Å². The molecule has 1 saturated heterocycles. The number of thiophene rings is 1. The number of rotatable bonds is 4. The fourth-order valence-electron chi connectivity index (χ4n) is 2.51. The first-order valence-electron chi connectivity index (χ1n) is 6.78. The third-order valence-electron chi connectivity index (χ3n) is 3.61. The second-order valence-electron chi connectivity index (χ2n) is 4.94. The largest absolute Gasteiger partial charge is 0.478 e. The number of carbonyl (C=O) groups excluding carboxylic acids is 1. The Morgan fingerprint density at radius 2 is 2.00 bits per heavy atom. The number of ether oxygens (including phenoxy) is 1. The fourth-order valence-corrected chi connectivity index (χ4v) is 3.37. The van der Waals surface area contributed by atoms with E-state index in [1.165, 1.54) is 10.4 Å². The van der Waals surface area contributed by atoms with Gasteiger partial charge in [0.2, 0.25) is 6.10 Å². The zero-order valence-corrected chi connectivity index (χ0v) is 12.4. The topological polar surface area (TPSA) is 29.5 Å². The molecule has 2 unspecified atom stereocenters. The van der Waals surface area contributed by atoms with Crippen LogP contribution >= 0.6 is 11.3 Å². The lowest BCUT2D eigenvalue weighted by molar-refractivity contribution is -0.163. The van der Waals surface area contributed by atoms with Crippen LogP contribution in [0.25, 0.3) is 0 Å². The van der Waals surface area contributed by atoms with Crippen LogP contribution in [-0.2, 0) is 4.79 Å². The van der Waals surface area contributed by atoms with Gasteiger partial charge in [-0.1, -0.05) is 23.8 Å². The average Bonchev–Trinajstić information content (AvgIpc) is 2.97. The molecule has 2 aromatic rings. The third-order valence-corrected chi connectivity index (χ3v) is 4.55. The van der Waals surface area contributed by atoms with Gasteiger partial charge in [0, 0.05) is 11.4 Å². The first-order chi connectivity index (χ1) is 9.70. The summed E-state index contributed by atoms with van der Waals surface area (Å²) in [7, 11) is 0. The summed E-state index contributed by atoms with van der Waals surface area (Å²) >= 11 is 1.67. The van der Waals surface area contributed by atoms with E-state index in [1.807, 2.05) is 54.5 Å². The number of carbonyl (C=O) groups is 1. The van der Waals surface area contributed by atoms with E-state index < -0.39 is 6.10 Å². The molecule has 0 saturated carbocycles. The highest BCUT2D eigenvalue weighted by atomic mass is 32.1. The third kappa shape index (κ3) is 2.20. The minimum Gasteiger partial charge on any atom is -0.478 e. The molecule has 0 radical (unpaired) electrons. The summed E-state index contributed by atoms with van der Waals surface area (Å²) in [4.78, 5) is 15.2. The number of β-lactam (4-membered cyclic amide) rings is 1. The Morgan fingerprint density at radius 3 is 2.60 bits per heavy atom. The highest BCUT2D eigenvalue weighted by Crippen LogP contribution is 2.39. The molecule has 0 spiro atoms. The van der Waals surface area contributed by atoms with E-state index in [0.29, 0.717) is 0 Å². The average molecular weight is 287 g/mol. The predicted molar refractivity (Wildman–Crippen MR) is 80.0 cm³/mol. The molecule has 104 valence electrons. The summed E-state index contributed by atoms with van der Waals surface area (Å²) in [5, 5.41) is 2.04. The van der Waals surface area contributed by atoms with Crippen LogP contribution < -0.4 is 4.74 Å². The highest BCUT2D eigenvalue weighted by molar-refractivity contribution is 7.10. The lowest BCUT2D eigenvalue weighted by Crippen LogP contribution is -2.60. The maximum Gasteiger partial charge on any atom is 0.266 e. The molecule has 2 heterocycles. The standard InChI is InChI=1S/C16H17NO2S/c1-3-17-14(13-5-4-10-20-13)15(16(17)18)19-12-8-6-11(2)7-9-12/h4-10,14-15H,3H2,1-2H3. The molecule has 0 aliphatic carbocycles. The van der Waals surface area contributed by atoms with E-state index in [9.17, 15) is 4.79 Å². The molecule has 3 nitrogen and oxygen atoms in total. The summed E-state index contributed by atoms with van der Waals surface area (Å²) in [6.07, 6.45) is -0.392. The Hall–Kier alpha value is -1.81. The van der Waals surface area contributed by atoms with Crippen molar-refractivity contribution < 1.29 is 9.53 Å². The first kappa shape index (κ1) is 13.2. The Morgan fingerprint density at radius 1 is 1.25 bits per heavy atom. The predicted octanol–water partition coefficient (Wildman–Crippen LogP) is 3.41. The van der Waals surface area contributed by atoms with Gasteiger partial charge in [-0.3, -0.25) is 4.79 Å². The van der Waals surface area contributed by atoms with Crippen molar-refractivity contribution in [1.29, 1.82) is 0 Å². The highest BCUT2D eigenvalue weighted by Gasteiger charge is 2.49. The molecule has 1 aliphatic heterocycles. The van der Waals surface area contributed by atoms with Gasteiger partial charge >= 0.3 is 0 Å². The van der Waals surface area contributed by atoms with Crippen molar-refractivity contribution in [2.45, 2.75) is 26.0 Å². The SMILES string of the molecule is CCN1C(=O)C(Oc2ccc(C)cc2)C1c1cccs1. The van der Waals surface area contributed by atoms with E-state index in [0.717, 1.165) is 12.3 Å². The number of likely N-dealkylation sites (tertiary alicyclic amines) is 1. The van der Waals surface area contributed by atoms with Gasteiger partial charge in [-0.2, -0.15) is 0 Å². The van der Waals surface area contributed by atoms with Gasteiger partial charge in [0.25, 0.3) is 5.91 Å². The molecular weight excluding hydrogens is 270 g/mol. The molecule has 20 heavy (non-hydrogen) atoms. The Balaban J connectivity index is 1.81. The van der Waals surface area contributed by atoms with Crippen molar-refractivity contribution in [3.63, 3.8) is 0 Å². The summed E-state index contributed by atoms with van der Waals surface area (Å²) in [5.41, 5.74) is 1.18. The van der Waals surface area contributed by atoms with Crippen LogP contribution in [0.5, 0.6) is 5.75 Å². The maximum atomic E-state index is 12.2. The Bertz CT molecular complexity index is 591. The zero-order chi connectivity index (χ0) is 14.1. The normalized spacial score (nSPS) is 21.7. The van der Waals surface area contributed by atoms with Crippen molar-refractivity contribution >= 4 is 17.2 Å². The van der Waals surface area contributed by atoms with Gasteiger partial charge < -0.3 is 9.64 Å². The summed E-state index contributed by atoms with van der Waals surface area (Å²) in [5.74, 6) is 0.831. The molecule has 1 amide bonds. The van der Waals surface area contributed by atoms with E-state index in [2.05, 4.69) is 6.07 Å². The number of nitrogens with zero attached hydrogens (tertiary/aromatic N) is 1. The van der Waals surface area contributed by atoms with E-state index >= 15 is 0 Å². The molecule has 1 aromatic carbocycles. The van der Waals surface area contributed by atoms with Crippen molar-refractivity contribution in [2.75, 3.05) is 6.54 Å². The molecule has 0 bridgehead atoms. The van der Waals surface area contributed by atoms with Gasteiger partial charge in [0.15, 0.2) is 0 Å². The van der Waals surface area contributed by atoms with Gasteiger partial charge in [-0.25, -0.2) is 0 Å². The number of likely N-dealkylation sites (N-methyl/N-ethyl adjacent to an activating group) is 1. The number of hydrogen-bond donors (Lipinski definition) is 0. The Labute approximate surface area is 122 Å². The number of hydrogen-bond acceptors (Lipinski definition) is 3. The lowest BCUT2D eigenvalue weighted by atomic mass is 9.96.